The summed E-state index contributed by atoms with van der Waals surface area (Å²) in [6.07, 6.45) is 6.93. The minimum atomic E-state index is -1.12. The number of aliphatic imine (C=N–C) groups is 1. The number of halogens is 1. The number of ether oxygens (including phenoxy) is 3. The van der Waals surface area contributed by atoms with Crippen molar-refractivity contribution in [3.8, 4) is 0 Å². The molecule has 1 saturated heterocycles. The van der Waals surface area contributed by atoms with Crippen LogP contribution in [0.5, 0.6) is 0 Å². The molecule has 5 fully saturated rings. The molecule has 2 aliphatic heterocycles. The van der Waals surface area contributed by atoms with Crippen LogP contribution in [0.1, 0.15) is 83.6 Å². The Kier molecular flexibility index (Phi) is 8.70. The number of benzene rings is 1. The van der Waals surface area contributed by atoms with E-state index < -0.39 is 46.6 Å². The molecule has 6 aliphatic rings. The molecule has 7 rings (SSSR count). The van der Waals surface area contributed by atoms with Gasteiger partial charge >= 0.3 is 5.97 Å². The summed E-state index contributed by atoms with van der Waals surface area (Å²) in [5.41, 5.74) is -1.15. The highest BCUT2D eigenvalue weighted by atomic mass is 19.1. The quantitative estimate of drug-likeness (QED) is 0.196. The van der Waals surface area contributed by atoms with Crippen LogP contribution in [-0.4, -0.2) is 87.7 Å². The standard InChI is InChI=1S/C37H50FNO8/c1-22-33(42)30(40)18-32(46-22)47-26-7-13-35(21-39-16-11-23-3-5-25(38)6-4-23)28-8-12-34(2)27(24-17-31(41)45-20-24)10-15-37(34,44)29(28)9-14-36(35,43)19-26/h3-6,17,21-22,26-30,32-33,40,42-44H,7-16,18-20H2,1-2H3/t22-,26+,27+,28+,29+,30+,32-,33+,34-,35+,36-,37-/m0/s1. The molecule has 1 aromatic rings. The first-order chi connectivity index (χ1) is 22.4. The summed E-state index contributed by atoms with van der Waals surface area (Å²) < 4.78 is 31.0. The van der Waals surface area contributed by atoms with Crippen LogP contribution >= 0.6 is 0 Å². The van der Waals surface area contributed by atoms with Gasteiger partial charge in [-0.3, -0.25) is 4.99 Å². The van der Waals surface area contributed by atoms with Gasteiger partial charge in [0.1, 0.15) is 18.5 Å². The van der Waals surface area contributed by atoms with Crippen molar-refractivity contribution in [3.63, 3.8) is 0 Å². The summed E-state index contributed by atoms with van der Waals surface area (Å²) in [6.45, 7) is 4.71. The number of hydrogen-bond donors (Lipinski definition) is 4. The zero-order valence-corrected chi connectivity index (χ0v) is 27.5. The molecule has 12 atom stereocenters. The van der Waals surface area contributed by atoms with Crippen LogP contribution in [0.2, 0.25) is 0 Å². The molecule has 4 saturated carbocycles. The monoisotopic (exact) mass is 655 g/mol. The molecular formula is C37H50FNO8. The van der Waals surface area contributed by atoms with Crippen LogP contribution in [0, 0.1) is 34.4 Å². The van der Waals surface area contributed by atoms with Crippen LogP contribution in [0.3, 0.4) is 0 Å². The Bertz CT molecular complexity index is 1390. The molecule has 0 amide bonds. The normalized spacial score (nSPS) is 46.4. The van der Waals surface area contributed by atoms with E-state index in [0.29, 0.717) is 58.1 Å². The van der Waals surface area contributed by atoms with E-state index in [1.807, 2.05) is 6.21 Å². The van der Waals surface area contributed by atoms with Crippen molar-refractivity contribution >= 4 is 12.2 Å². The van der Waals surface area contributed by atoms with E-state index in [4.69, 9.17) is 19.2 Å². The van der Waals surface area contributed by atoms with Crippen LogP contribution < -0.4 is 0 Å². The second kappa shape index (κ2) is 12.3. The van der Waals surface area contributed by atoms with Crippen LogP contribution in [0.15, 0.2) is 40.9 Å². The van der Waals surface area contributed by atoms with Gasteiger partial charge in [0, 0.05) is 42.5 Å². The molecule has 47 heavy (non-hydrogen) atoms. The number of esters is 1. The maximum atomic E-state index is 13.5. The highest BCUT2D eigenvalue weighted by Gasteiger charge is 2.71. The van der Waals surface area contributed by atoms with Crippen molar-refractivity contribution in [3.05, 3.63) is 47.3 Å². The fraction of sp³-hybridized carbons (Fsp3) is 0.730. The van der Waals surface area contributed by atoms with Gasteiger partial charge in [-0.25, -0.2) is 9.18 Å². The summed E-state index contributed by atoms with van der Waals surface area (Å²) in [4.78, 5) is 16.9. The number of aliphatic hydroxyl groups excluding tert-OH is 2. The van der Waals surface area contributed by atoms with E-state index in [1.54, 1.807) is 25.1 Å². The second-order valence-corrected chi connectivity index (χ2v) is 15.6. The van der Waals surface area contributed by atoms with Crippen LogP contribution in [-0.2, 0) is 25.4 Å². The Morgan fingerprint density at radius 3 is 2.53 bits per heavy atom. The van der Waals surface area contributed by atoms with E-state index in [1.165, 1.54) is 12.1 Å². The van der Waals surface area contributed by atoms with Crippen molar-refractivity contribution in [2.24, 2.45) is 33.6 Å². The molecule has 0 radical (unpaired) electrons. The first-order valence-electron chi connectivity index (χ1n) is 17.6. The summed E-state index contributed by atoms with van der Waals surface area (Å²) >= 11 is 0. The minimum Gasteiger partial charge on any atom is -0.458 e. The molecule has 1 aromatic carbocycles. The van der Waals surface area contributed by atoms with E-state index in [9.17, 15) is 29.6 Å². The maximum Gasteiger partial charge on any atom is 0.331 e. The lowest BCUT2D eigenvalue weighted by molar-refractivity contribution is -0.282. The Morgan fingerprint density at radius 1 is 1.04 bits per heavy atom. The zero-order valence-electron chi connectivity index (χ0n) is 27.5. The largest absolute Gasteiger partial charge is 0.458 e. The molecular weight excluding hydrogens is 605 g/mol. The van der Waals surface area contributed by atoms with Crippen molar-refractivity contribution in [2.45, 2.75) is 126 Å². The lowest BCUT2D eigenvalue weighted by Gasteiger charge is -2.66. The lowest BCUT2D eigenvalue weighted by atomic mass is 9.41. The van der Waals surface area contributed by atoms with E-state index in [0.717, 1.165) is 30.4 Å². The van der Waals surface area contributed by atoms with Crippen LogP contribution in [0.25, 0.3) is 0 Å². The van der Waals surface area contributed by atoms with Crippen molar-refractivity contribution < 1.29 is 43.8 Å². The third kappa shape index (κ3) is 5.51. The fourth-order valence-electron chi connectivity index (χ4n) is 10.9. The number of rotatable bonds is 7. The average molecular weight is 656 g/mol. The molecule has 0 aromatic heterocycles. The molecule has 0 bridgehead atoms. The molecule has 4 aliphatic carbocycles. The number of cyclic esters (lactones) is 1. The number of hydrogen-bond acceptors (Lipinski definition) is 9. The van der Waals surface area contributed by atoms with Gasteiger partial charge in [0.05, 0.1) is 29.5 Å². The number of carbonyl (C=O) groups is 1. The van der Waals surface area contributed by atoms with Gasteiger partial charge in [-0.1, -0.05) is 19.1 Å². The van der Waals surface area contributed by atoms with Crippen LogP contribution in [0.4, 0.5) is 4.39 Å². The Labute approximate surface area is 276 Å². The predicted octanol–water partition coefficient (Wildman–Crippen LogP) is 4.03. The van der Waals surface area contributed by atoms with Gasteiger partial charge in [-0.15, -0.1) is 0 Å². The van der Waals surface area contributed by atoms with Gasteiger partial charge in [-0.2, -0.15) is 0 Å². The van der Waals surface area contributed by atoms with Gasteiger partial charge < -0.3 is 34.6 Å². The number of nitrogens with zero attached hydrogens (tertiary/aromatic N) is 1. The second-order valence-electron chi connectivity index (χ2n) is 15.6. The summed E-state index contributed by atoms with van der Waals surface area (Å²) in [6, 6.07) is 6.46. The fourth-order valence-corrected chi connectivity index (χ4v) is 10.9. The highest BCUT2D eigenvalue weighted by Crippen LogP contribution is 2.70. The molecule has 9 nitrogen and oxygen atoms in total. The van der Waals surface area contributed by atoms with Gasteiger partial charge in [0.2, 0.25) is 0 Å². The van der Waals surface area contributed by atoms with Crippen molar-refractivity contribution in [1.29, 1.82) is 0 Å². The van der Waals surface area contributed by atoms with Crippen molar-refractivity contribution in [2.75, 3.05) is 13.2 Å². The number of aliphatic hydroxyl groups is 4. The van der Waals surface area contributed by atoms with Gasteiger partial charge in [0.15, 0.2) is 6.29 Å². The highest BCUT2D eigenvalue weighted by molar-refractivity contribution is 5.85. The first-order valence-corrected chi connectivity index (χ1v) is 17.6. The Hall–Kier alpha value is -2.21. The Balaban J connectivity index is 1.15. The molecule has 258 valence electrons. The van der Waals surface area contributed by atoms with Gasteiger partial charge in [-0.05, 0) is 106 Å². The Morgan fingerprint density at radius 2 is 1.81 bits per heavy atom. The van der Waals surface area contributed by atoms with E-state index >= 15 is 0 Å². The molecule has 4 N–H and O–H groups in total. The van der Waals surface area contributed by atoms with E-state index in [-0.39, 0.29) is 42.1 Å². The lowest BCUT2D eigenvalue weighted by Crippen LogP contribution is -2.69. The molecule has 2 heterocycles. The molecule has 0 spiro atoms. The summed E-state index contributed by atoms with van der Waals surface area (Å²) in [7, 11) is 0. The van der Waals surface area contributed by atoms with Crippen molar-refractivity contribution in [1.82, 2.24) is 0 Å². The average Bonchev–Trinajstić information content (AvgIpc) is 3.58. The first kappa shape index (κ1) is 33.3. The predicted molar refractivity (Wildman–Crippen MR) is 171 cm³/mol. The third-order valence-corrected chi connectivity index (χ3v) is 13.4. The maximum absolute atomic E-state index is 13.5. The third-order valence-electron chi connectivity index (χ3n) is 13.4. The zero-order chi connectivity index (χ0) is 33.2. The number of fused-ring (bicyclic) bond motifs is 5. The number of carbonyl (C=O) groups excluding carboxylic acids is 1. The SMILES string of the molecule is C[C@@H]1O[C@@H](O[C@@H]2CC[C@@]3(C=NCCc4ccc(F)cc4)[C@@H]4CC[C@@]5(C)[C@@H](C6=CC(=O)OC6)CC[C@]5(O)[C@@H]4CC[C@]3(O)C2)C[C@@H](O)[C@@H]1O. The van der Waals surface area contributed by atoms with Gasteiger partial charge in [0.25, 0.3) is 0 Å². The topological polar surface area (TPSA) is 138 Å². The summed E-state index contributed by atoms with van der Waals surface area (Å²) in [5.74, 6) is -0.523. The smallest absolute Gasteiger partial charge is 0.331 e. The summed E-state index contributed by atoms with van der Waals surface area (Å²) in [5, 5.41) is 46.0. The molecule has 10 heteroatoms. The van der Waals surface area contributed by atoms with E-state index in [2.05, 4.69) is 6.92 Å². The molecule has 0 unspecified atom stereocenters. The minimum absolute atomic E-state index is 0.00644.